The molecule has 0 bridgehead atoms. The Labute approximate surface area is 120 Å². The van der Waals surface area contributed by atoms with Crippen molar-refractivity contribution in [2.24, 2.45) is 0 Å². The van der Waals surface area contributed by atoms with Crippen LogP contribution in [0.3, 0.4) is 0 Å². The Morgan fingerprint density at radius 2 is 1.75 bits per heavy atom. The molecule has 0 radical (unpaired) electrons. The van der Waals surface area contributed by atoms with Crippen molar-refractivity contribution in [3.63, 3.8) is 0 Å². The summed E-state index contributed by atoms with van der Waals surface area (Å²) in [6.45, 7) is 1.90. The van der Waals surface area contributed by atoms with Gasteiger partial charge >= 0.3 is 11.9 Å². The Hall–Kier alpha value is -1.64. The minimum absolute atomic E-state index is 0.302. The molecule has 1 saturated carbocycles. The SMILES string of the molecule is CCCC(=O)OC(=O)C1(c2ccccc2)CCCCC1. The van der Waals surface area contributed by atoms with Crippen LogP contribution in [0.25, 0.3) is 0 Å². The molecule has 0 heterocycles. The van der Waals surface area contributed by atoms with Gasteiger partial charge in [0.2, 0.25) is 0 Å². The Balaban J connectivity index is 2.23. The normalized spacial score (nSPS) is 17.4. The molecule has 0 saturated heterocycles. The largest absolute Gasteiger partial charge is 0.392 e. The molecule has 1 aliphatic carbocycles. The van der Waals surface area contributed by atoms with Crippen molar-refractivity contribution in [1.82, 2.24) is 0 Å². The zero-order valence-corrected chi connectivity index (χ0v) is 12.1. The van der Waals surface area contributed by atoms with Gasteiger partial charge in [0, 0.05) is 6.42 Å². The number of rotatable bonds is 4. The lowest BCUT2D eigenvalue weighted by Gasteiger charge is -2.35. The first-order valence-corrected chi connectivity index (χ1v) is 7.49. The highest BCUT2D eigenvalue weighted by atomic mass is 16.6. The Morgan fingerprint density at radius 1 is 1.10 bits per heavy atom. The van der Waals surface area contributed by atoms with E-state index in [4.69, 9.17) is 4.74 Å². The number of carbonyl (C=O) groups excluding carboxylic acids is 2. The number of ether oxygens (including phenoxy) is 1. The molecule has 108 valence electrons. The van der Waals surface area contributed by atoms with Gasteiger partial charge in [-0.15, -0.1) is 0 Å². The molecule has 0 spiro atoms. The standard InChI is InChI=1S/C17H22O3/c1-2-9-15(18)20-16(19)17(12-7-4-8-13-17)14-10-5-3-6-11-14/h3,5-6,10-11H,2,4,7-9,12-13H2,1H3. The summed E-state index contributed by atoms with van der Waals surface area (Å²) in [6.07, 6.45) is 5.70. The molecule has 0 aromatic heterocycles. The molecule has 1 fully saturated rings. The number of hydrogen-bond donors (Lipinski definition) is 0. The van der Waals surface area contributed by atoms with E-state index < -0.39 is 11.4 Å². The third-order valence-electron chi connectivity index (χ3n) is 4.08. The molecule has 2 rings (SSSR count). The first kappa shape index (κ1) is 14.8. The second kappa shape index (κ2) is 6.69. The van der Waals surface area contributed by atoms with Crippen LogP contribution in [0.5, 0.6) is 0 Å². The van der Waals surface area contributed by atoms with E-state index in [0.717, 1.165) is 37.7 Å². The van der Waals surface area contributed by atoms with Crippen LogP contribution >= 0.6 is 0 Å². The van der Waals surface area contributed by atoms with Crippen LogP contribution in [0.4, 0.5) is 0 Å². The van der Waals surface area contributed by atoms with Gasteiger partial charge in [0.1, 0.15) is 0 Å². The summed E-state index contributed by atoms with van der Waals surface area (Å²) < 4.78 is 5.11. The fourth-order valence-corrected chi connectivity index (χ4v) is 2.98. The quantitative estimate of drug-likeness (QED) is 0.620. The van der Waals surface area contributed by atoms with E-state index in [1.807, 2.05) is 37.3 Å². The average Bonchev–Trinajstić information content (AvgIpc) is 2.49. The molecule has 0 amide bonds. The predicted molar refractivity (Wildman–Crippen MR) is 77.2 cm³/mol. The van der Waals surface area contributed by atoms with Crippen LogP contribution in [-0.4, -0.2) is 11.9 Å². The van der Waals surface area contributed by atoms with Gasteiger partial charge in [-0.25, -0.2) is 0 Å². The number of esters is 2. The monoisotopic (exact) mass is 274 g/mol. The lowest BCUT2D eigenvalue weighted by molar-refractivity contribution is -0.165. The molecule has 3 heteroatoms. The van der Waals surface area contributed by atoms with E-state index in [2.05, 4.69) is 0 Å². The van der Waals surface area contributed by atoms with E-state index in [1.165, 1.54) is 0 Å². The van der Waals surface area contributed by atoms with Gasteiger partial charge in [0.15, 0.2) is 0 Å². The summed E-state index contributed by atoms with van der Waals surface area (Å²) in [5.74, 6) is -0.764. The third kappa shape index (κ3) is 3.09. The Morgan fingerprint density at radius 3 is 2.35 bits per heavy atom. The summed E-state index contributed by atoms with van der Waals surface area (Å²) in [4.78, 5) is 24.2. The van der Waals surface area contributed by atoms with E-state index in [1.54, 1.807) is 0 Å². The molecule has 1 aromatic carbocycles. The fourth-order valence-electron chi connectivity index (χ4n) is 2.98. The number of hydrogen-bond acceptors (Lipinski definition) is 3. The first-order chi connectivity index (χ1) is 9.69. The van der Waals surface area contributed by atoms with Crippen molar-refractivity contribution in [3.8, 4) is 0 Å². The van der Waals surface area contributed by atoms with Crippen LogP contribution < -0.4 is 0 Å². The second-order valence-corrected chi connectivity index (χ2v) is 5.52. The second-order valence-electron chi connectivity index (χ2n) is 5.52. The molecule has 0 atom stereocenters. The molecule has 20 heavy (non-hydrogen) atoms. The lowest BCUT2D eigenvalue weighted by atomic mass is 9.69. The number of benzene rings is 1. The van der Waals surface area contributed by atoms with E-state index in [-0.39, 0.29) is 5.97 Å². The van der Waals surface area contributed by atoms with Crippen molar-refractivity contribution in [2.45, 2.75) is 57.3 Å². The summed E-state index contributed by atoms with van der Waals surface area (Å²) >= 11 is 0. The summed E-state index contributed by atoms with van der Waals surface area (Å²) in [7, 11) is 0. The zero-order chi connectivity index (χ0) is 14.4. The van der Waals surface area contributed by atoms with Crippen LogP contribution in [-0.2, 0) is 19.7 Å². The lowest BCUT2D eigenvalue weighted by Crippen LogP contribution is -2.40. The van der Waals surface area contributed by atoms with Crippen LogP contribution in [0.2, 0.25) is 0 Å². The van der Waals surface area contributed by atoms with Crippen LogP contribution in [0, 0.1) is 0 Å². The van der Waals surface area contributed by atoms with Gasteiger partial charge in [-0.05, 0) is 24.8 Å². The van der Waals surface area contributed by atoms with Crippen molar-refractivity contribution in [2.75, 3.05) is 0 Å². The van der Waals surface area contributed by atoms with Crippen molar-refractivity contribution in [1.29, 1.82) is 0 Å². The zero-order valence-electron chi connectivity index (χ0n) is 12.1. The van der Waals surface area contributed by atoms with E-state index >= 15 is 0 Å². The fraction of sp³-hybridized carbons (Fsp3) is 0.529. The van der Waals surface area contributed by atoms with Gasteiger partial charge in [-0.1, -0.05) is 56.5 Å². The molecular formula is C17H22O3. The van der Waals surface area contributed by atoms with Gasteiger partial charge < -0.3 is 4.74 Å². The maximum Gasteiger partial charge on any atom is 0.324 e. The average molecular weight is 274 g/mol. The molecular weight excluding hydrogens is 252 g/mol. The maximum atomic E-state index is 12.6. The third-order valence-corrected chi connectivity index (χ3v) is 4.08. The Kier molecular flexibility index (Phi) is 4.94. The summed E-state index contributed by atoms with van der Waals surface area (Å²) in [5, 5.41) is 0. The van der Waals surface area contributed by atoms with Gasteiger partial charge in [-0.2, -0.15) is 0 Å². The minimum atomic E-state index is -0.622. The first-order valence-electron chi connectivity index (χ1n) is 7.49. The molecule has 0 unspecified atom stereocenters. The molecule has 1 aromatic rings. The minimum Gasteiger partial charge on any atom is -0.392 e. The van der Waals surface area contributed by atoms with E-state index in [0.29, 0.717) is 12.8 Å². The smallest absolute Gasteiger partial charge is 0.324 e. The molecule has 0 aliphatic heterocycles. The maximum absolute atomic E-state index is 12.6. The highest BCUT2D eigenvalue weighted by Gasteiger charge is 2.43. The molecule has 0 N–H and O–H groups in total. The predicted octanol–water partition coefficient (Wildman–Crippen LogP) is 3.76. The van der Waals surface area contributed by atoms with Crippen LogP contribution in [0.15, 0.2) is 30.3 Å². The van der Waals surface area contributed by atoms with Crippen molar-refractivity contribution in [3.05, 3.63) is 35.9 Å². The van der Waals surface area contributed by atoms with Gasteiger partial charge in [0.05, 0.1) is 5.41 Å². The topological polar surface area (TPSA) is 43.4 Å². The van der Waals surface area contributed by atoms with Gasteiger partial charge in [0.25, 0.3) is 0 Å². The summed E-state index contributed by atoms with van der Waals surface area (Å²) in [6, 6.07) is 9.75. The van der Waals surface area contributed by atoms with Crippen molar-refractivity contribution < 1.29 is 14.3 Å². The number of carbonyl (C=O) groups is 2. The highest BCUT2D eigenvalue weighted by Crippen LogP contribution is 2.40. The van der Waals surface area contributed by atoms with E-state index in [9.17, 15) is 9.59 Å². The highest BCUT2D eigenvalue weighted by molar-refractivity contribution is 5.92. The van der Waals surface area contributed by atoms with Crippen LogP contribution in [0.1, 0.15) is 57.4 Å². The van der Waals surface area contributed by atoms with Crippen molar-refractivity contribution >= 4 is 11.9 Å². The molecule has 1 aliphatic rings. The molecule has 3 nitrogen and oxygen atoms in total. The Bertz CT molecular complexity index is 458. The van der Waals surface area contributed by atoms with Gasteiger partial charge in [-0.3, -0.25) is 9.59 Å². The summed E-state index contributed by atoms with van der Waals surface area (Å²) in [5.41, 5.74) is 0.358.